The van der Waals surface area contributed by atoms with E-state index < -0.39 is 11.2 Å². The zero-order chi connectivity index (χ0) is 13.1. The predicted octanol–water partition coefficient (Wildman–Crippen LogP) is 1.44. The normalized spacial score (nSPS) is 32.2. The predicted molar refractivity (Wildman–Crippen MR) is 60.4 cm³/mol. The van der Waals surface area contributed by atoms with Crippen LogP contribution in [0, 0.1) is 0 Å². The van der Waals surface area contributed by atoms with Crippen molar-refractivity contribution in [1.82, 2.24) is 0 Å². The van der Waals surface area contributed by atoms with Crippen LogP contribution in [-0.4, -0.2) is 36.4 Å². The van der Waals surface area contributed by atoms with Crippen molar-refractivity contribution >= 4 is 11.9 Å². The van der Waals surface area contributed by atoms with Gasteiger partial charge in [0, 0.05) is 13.8 Å². The zero-order valence-corrected chi connectivity index (χ0v) is 10.9. The number of esters is 2. The van der Waals surface area contributed by atoms with E-state index >= 15 is 0 Å². The van der Waals surface area contributed by atoms with E-state index in [1.807, 2.05) is 13.8 Å². The third-order valence-electron chi connectivity index (χ3n) is 2.84. The van der Waals surface area contributed by atoms with Gasteiger partial charge >= 0.3 is 11.9 Å². The molecule has 0 saturated carbocycles. The number of hydrogen-bond acceptors (Lipinski definition) is 5. The lowest BCUT2D eigenvalue weighted by Gasteiger charge is -2.29. The Morgan fingerprint density at radius 2 is 1.35 bits per heavy atom. The molecule has 1 fully saturated rings. The lowest BCUT2D eigenvalue weighted by atomic mass is 9.99. The largest absolute Gasteiger partial charge is 0.463 e. The van der Waals surface area contributed by atoms with Gasteiger partial charge in [-0.2, -0.15) is 0 Å². The molecule has 5 heteroatoms. The van der Waals surface area contributed by atoms with Crippen molar-refractivity contribution in [1.29, 1.82) is 0 Å². The summed E-state index contributed by atoms with van der Waals surface area (Å²) in [5, 5.41) is 0. The van der Waals surface area contributed by atoms with Gasteiger partial charge in [-0.25, -0.2) is 0 Å². The number of hydrogen-bond donors (Lipinski definition) is 0. The van der Waals surface area contributed by atoms with Gasteiger partial charge in [-0.15, -0.1) is 0 Å². The third-order valence-corrected chi connectivity index (χ3v) is 2.84. The number of carbonyl (C=O) groups is 2. The van der Waals surface area contributed by atoms with E-state index in [2.05, 4.69) is 0 Å². The van der Waals surface area contributed by atoms with Gasteiger partial charge < -0.3 is 14.2 Å². The average Bonchev–Trinajstić information content (AvgIpc) is 2.51. The van der Waals surface area contributed by atoms with E-state index in [0.29, 0.717) is 0 Å². The van der Waals surface area contributed by atoms with Crippen molar-refractivity contribution in [3.8, 4) is 0 Å². The summed E-state index contributed by atoms with van der Waals surface area (Å²) in [5.74, 6) is -0.633. The fourth-order valence-corrected chi connectivity index (χ4v) is 1.94. The minimum Gasteiger partial charge on any atom is -0.463 e. The second-order valence-corrected chi connectivity index (χ2v) is 5.06. The van der Waals surface area contributed by atoms with Crippen LogP contribution in [0.2, 0.25) is 0 Å². The Morgan fingerprint density at radius 3 is 1.65 bits per heavy atom. The second-order valence-electron chi connectivity index (χ2n) is 5.06. The summed E-state index contributed by atoms with van der Waals surface area (Å²) in [5.41, 5.74) is -0.971. The van der Waals surface area contributed by atoms with E-state index in [9.17, 15) is 9.59 Å². The van der Waals surface area contributed by atoms with Crippen LogP contribution >= 0.6 is 0 Å². The van der Waals surface area contributed by atoms with Crippen LogP contribution in [0.15, 0.2) is 0 Å². The maximum absolute atomic E-state index is 10.8. The molecule has 0 unspecified atom stereocenters. The van der Waals surface area contributed by atoms with Gasteiger partial charge in [0.2, 0.25) is 0 Å². The van der Waals surface area contributed by atoms with Crippen molar-refractivity contribution in [3.63, 3.8) is 0 Å². The lowest BCUT2D eigenvalue weighted by Crippen LogP contribution is -2.38. The molecule has 1 aliphatic heterocycles. The first-order chi connectivity index (χ1) is 7.75. The summed E-state index contributed by atoms with van der Waals surface area (Å²) in [4.78, 5) is 21.5. The van der Waals surface area contributed by atoms with E-state index in [-0.39, 0.29) is 25.2 Å². The molecule has 1 heterocycles. The first-order valence-corrected chi connectivity index (χ1v) is 5.72. The lowest BCUT2D eigenvalue weighted by molar-refractivity contribution is -0.168. The van der Waals surface area contributed by atoms with Gasteiger partial charge in [-0.3, -0.25) is 9.59 Å². The maximum Gasteiger partial charge on any atom is 0.302 e. The molecule has 98 valence electrons. The van der Waals surface area contributed by atoms with Crippen molar-refractivity contribution in [2.45, 2.75) is 51.7 Å². The standard InChI is InChI=1S/C12H20O5/c1-9(13)15-7-11(3)5-6-12(4,17-11)8-16-10(2)14/h5-8H2,1-4H3/t11-,12+. The molecule has 1 aliphatic rings. The molecule has 0 spiro atoms. The van der Waals surface area contributed by atoms with E-state index in [4.69, 9.17) is 14.2 Å². The van der Waals surface area contributed by atoms with E-state index in [1.54, 1.807) is 0 Å². The number of carbonyl (C=O) groups excluding carboxylic acids is 2. The van der Waals surface area contributed by atoms with Gasteiger partial charge in [-0.05, 0) is 26.7 Å². The molecule has 1 saturated heterocycles. The zero-order valence-electron chi connectivity index (χ0n) is 10.9. The monoisotopic (exact) mass is 244 g/mol. The summed E-state index contributed by atoms with van der Waals surface area (Å²) in [7, 11) is 0. The van der Waals surface area contributed by atoms with Crippen molar-refractivity contribution in [2.75, 3.05) is 13.2 Å². The van der Waals surface area contributed by atoms with Gasteiger partial charge in [0.15, 0.2) is 0 Å². The van der Waals surface area contributed by atoms with E-state index in [0.717, 1.165) is 12.8 Å². The maximum atomic E-state index is 10.8. The Balaban J connectivity index is 2.48. The highest BCUT2D eigenvalue weighted by atomic mass is 16.6. The topological polar surface area (TPSA) is 61.8 Å². The summed E-state index contributed by atoms with van der Waals surface area (Å²) < 4.78 is 15.8. The molecule has 17 heavy (non-hydrogen) atoms. The summed E-state index contributed by atoms with van der Waals surface area (Å²) in [6.07, 6.45) is 1.55. The average molecular weight is 244 g/mol. The summed E-state index contributed by atoms with van der Waals surface area (Å²) >= 11 is 0. The highest BCUT2D eigenvalue weighted by Gasteiger charge is 2.45. The van der Waals surface area contributed by atoms with Crippen LogP contribution in [0.5, 0.6) is 0 Å². The first-order valence-electron chi connectivity index (χ1n) is 5.72. The summed E-state index contributed by atoms with van der Waals surface area (Å²) in [6, 6.07) is 0. The molecule has 1 rings (SSSR count). The Labute approximate surface area is 101 Å². The second kappa shape index (κ2) is 5.04. The highest BCUT2D eigenvalue weighted by molar-refractivity contribution is 5.66. The minimum absolute atomic E-state index is 0.234. The van der Waals surface area contributed by atoms with Gasteiger partial charge in [0.25, 0.3) is 0 Å². The van der Waals surface area contributed by atoms with Gasteiger partial charge in [-0.1, -0.05) is 0 Å². The van der Waals surface area contributed by atoms with Crippen LogP contribution in [-0.2, 0) is 23.8 Å². The molecule has 0 aromatic heterocycles. The molecular weight excluding hydrogens is 224 g/mol. The molecule has 0 radical (unpaired) electrons. The quantitative estimate of drug-likeness (QED) is 0.700. The molecule has 0 aliphatic carbocycles. The number of rotatable bonds is 4. The molecule has 0 aromatic rings. The molecule has 5 nitrogen and oxygen atoms in total. The molecule has 0 N–H and O–H groups in total. The first kappa shape index (κ1) is 14.0. The minimum atomic E-state index is -0.486. The molecule has 0 bridgehead atoms. The van der Waals surface area contributed by atoms with Crippen LogP contribution in [0.25, 0.3) is 0 Å². The van der Waals surface area contributed by atoms with Crippen molar-refractivity contribution < 1.29 is 23.8 Å². The van der Waals surface area contributed by atoms with Crippen LogP contribution in [0.4, 0.5) is 0 Å². The van der Waals surface area contributed by atoms with Crippen molar-refractivity contribution in [2.24, 2.45) is 0 Å². The summed E-state index contributed by atoms with van der Waals surface area (Å²) in [6.45, 7) is 7.01. The highest BCUT2D eigenvalue weighted by Crippen LogP contribution is 2.38. The van der Waals surface area contributed by atoms with Crippen LogP contribution in [0.3, 0.4) is 0 Å². The van der Waals surface area contributed by atoms with Crippen molar-refractivity contribution in [3.05, 3.63) is 0 Å². The SMILES string of the molecule is CC(=O)OC[C@]1(C)CC[C@](C)(COC(C)=O)O1. The van der Waals surface area contributed by atoms with Gasteiger partial charge in [0.05, 0.1) is 0 Å². The van der Waals surface area contributed by atoms with Crippen LogP contribution in [0.1, 0.15) is 40.5 Å². The van der Waals surface area contributed by atoms with E-state index in [1.165, 1.54) is 13.8 Å². The smallest absolute Gasteiger partial charge is 0.302 e. The Hall–Kier alpha value is -1.10. The Bertz CT molecular complexity index is 284. The fraction of sp³-hybridized carbons (Fsp3) is 0.833. The molecule has 2 atom stereocenters. The molecular formula is C12H20O5. The number of ether oxygens (including phenoxy) is 3. The van der Waals surface area contributed by atoms with Gasteiger partial charge in [0.1, 0.15) is 24.4 Å². The van der Waals surface area contributed by atoms with Crippen LogP contribution < -0.4 is 0 Å². The third kappa shape index (κ3) is 4.34. The Morgan fingerprint density at radius 1 is 1.00 bits per heavy atom. The molecule has 0 amide bonds. The Kier molecular flexibility index (Phi) is 4.14. The fourth-order valence-electron chi connectivity index (χ4n) is 1.94. The molecule has 0 aromatic carbocycles.